The van der Waals surface area contributed by atoms with Gasteiger partial charge in [-0.15, -0.1) is 12.3 Å². The molecular weight excluding hydrogens is 308 g/mol. The molecule has 5 heteroatoms. The van der Waals surface area contributed by atoms with E-state index in [0.717, 1.165) is 10.0 Å². The summed E-state index contributed by atoms with van der Waals surface area (Å²) in [6.07, 6.45) is 5.22. The lowest BCUT2D eigenvalue weighted by Gasteiger charge is -2.17. The molecule has 19 heavy (non-hydrogen) atoms. The smallest absolute Gasteiger partial charge is 0.240 e. The van der Waals surface area contributed by atoms with E-state index in [1.54, 1.807) is 6.92 Å². The van der Waals surface area contributed by atoms with Gasteiger partial charge in [-0.1, -0.05) is 28.1 Å². The molecule has 100 valence electrons. The van der Waals surface area contributed by atoms with Gasteiger partial charge in [-0.25, -0.2) is 0 Å². The van der Waals surface area contributed by atoms with Crippen molar-refractivity contribution in [2.24, 2.45) is 5.73 Å². The van der Waals surface area contributed by atoms with Gasteiger partial charge in [0.05, 0.1) is 5.92 Å². The number of nitrogens with two attached hydrogens (primary N) is 1. The lowest BCUT2D eigenvalue weighted by Crippen LogP contribution is -2.45. The first-order valence-corrected chi connectivity index (χ1v) is 6.53. The third-order valence-electron chi connectivity index (χ3n) is 2.75. The Morgan fingerprint density at radius 3 is 2.47 bits per heavy atom. The van der Waals surface area contributed by atoms with Gasteiger partial charge in [0, 0.05) is 10.9 Å². The van der Waals surface area contributed by atoms with E-state index in [-0.39, 0.29) is 18.2 Å². The van der Waals surface area contributed by atoms with Gasteiger partial charge in [-0.3, -0.25) is 9.59 Å². The molecule has 0 radical (unpaired) electrons. The van der Waals surface area contributed by atoms with Crippen molar-refractivity contribution in [1.29, 1.82) is 0 Å². The monoisotopic (exact) mass is 322 g/mol. The predicted molar refractivity (Wildman–Crippen MR) is 77.1 cm³/mol. The van der Waals surface area contributed by atoms with Crippen LogP contribution in [0.5, 0.6) is 0 Å². The van der Waals surface area contributed by atoms with Crippen LogP contribution in [0.3, 0.4) is 0 Å². The minimum Gasteiger partial charge on any atom is -0.368 e. The van der Waals surface area contributed by atoms with Crippen LogP contribution < -0.4 is 11.1 Å². The van der Waals surface area contributed by atoms with E-state index in [1.807, 2.05) is 24.3 Å². The number of benzene rings is 1. The van der Waals surface area contributed by atoms with Crippen LogP contribution >= 0.6 is 15.9 Å². The molecule has 0 aliphatic carbocycles. The molecule has 1 aromatic rings. The molecule has 4 nitrogen and oxygen atoms in total. The standard InChI is InChI=1S/C14H15BrN2O2/c1-3-4-12(13(16)18)17-14(19)9(2)10-5-7-11(15)8-6-10/h1,5-9,12H,4H2,2H3,(H2,16,18)(H,17,19). The number of terminal acetylenes is 1. The highest BCUT2D eigenvalue weighted by Crippen LogP contribution is 2.18. The Hall–Kier alpha value is -1.80. The molecule has 0 aliphatic heterocycles. The van der Waals surface area contributed by atoms with Crippen molar-refractivity contribution in [3.05, 3.63) is 34.3 Å². The van der Waals surface area contributed by atoms with Crippen LogP contribution in [0.1, 0.15) is 24.8 Å². The summed E-state index contributed by atoms with van der Waals surface area (Å²) in [6.45, 7) is 1.76. The first kappa shape index (κ1) is 15.3. The second kappa shape index (κ2) is 6.95. The maximum atomic E-state index is 12.0. The SMILES string of the molecule is C#CCC(NC(=O)C(C)c1ccc(Br)cc1)C(N)=O. The second-order valence-electron chi connectivity index (χ2n) is 4.15. The Kier molecular flexibility index (Phi) is 5.58. The minimum absolute atomic E-state index is 0.0914. The fraction of sp³-hybridized carbons (Fsp3) is 0.286. The van der Waals surface area contributed by atoms with E-state index in [0.29, 0.717) is 0 Å². The van der Waals surface area contributed by atoms with Crippen molar-refractivity contribution >= 4 is 27.7 Å². The molecule has 1 aromatic carbocycles. The molecule has 2 atom stereocenters. The summed E-state index contributed by atoms with van der Waals surface area (Å²) in [5.74, 6) is 1.03. The molecule has 0 aliphatic rings. The summed E-state index contributed by atoms with van der Waals surface area (Å²) >= 11 is 3.33. The molecule has 0 saturated carbocycles. The maximum Gasteiger partial charge on any atom is 0.240 e. The summed E-state index contributed by atoms with van der Waals surface area (Å²) in [4.78, 5) is 23.2. The number of nitrogens with one attached hydrogen (secondary N) is 1. The van der Waals surface area contributed by atoms with Crippen LogP contribution in [0.4, 0.5) is 0 Å². The number of amides is 2. The molecule has 1 rings (SSSR count). The quantitative estimate of drug-likeness (QED) is 0.807. The van der Waals surface area contributed by atoms with E-state index in [4.69, 9.17) is 12.2 Å². The molecule has 0 aromatic heterocycles. The van der Waals surface area contributed by atoms with Crippen molar-refractivity contribution in [2.45, 2.75) is 25.3 Å². The number of carbonyl (C=O) groups is 2. The third kappa shape index (κ3) is 4.42. The molecule has 2 amide bonds. The van der Waals surface area contributed by atoms with E-state index in [2.05, 4.69) is 27.2 Å². The summed E-state index contributed by atoms with van der Waals surface area (Å²) in [6, 6.07) is 6.57. The summed E-state index contributed by atoms with van der Waals surface area (Å²) in [7, 11) is 0. The Balaban J connectivity index is 2.74. The molecule has 0 heterocycles. The average molecular weight is 323 g/mol. The van der Waals surface area contributed by atoms with Crippen molar-refractivity contribution in [3.63, 3.8) is 0 Å². The first-order chi connectivity index (χ1) is 8.95. The van der Waals surface area contributed by atoms with Crippen LogP contribution in [0, 0.1) is 12.3 Å². The molecule has 2 unspecified atom stereocenters. The Labute approximate surface area is 120 Å². The third-order valence-corrected chi connectivity index (χ3v) is 3.27. The number of primary amides is 1. The van der Waals surface area contributed by atoms with E-state index >= 15 is 0 Å². The number of hydrogen-bond acceptors (Lipinski definition) is 2. The van der Waals surface area contributed by atoms with Crippen LogP contribution in [0.2, 0.25) is 0 Å². The van der Waals surface area contributed by atoms with Gasteiger partial charge in [0.15, 0.2) is 0 Å². The van der Waals surface area contributed by atoms with Gasteiger partial charge in [-0.05, 0) is 24.6 Å². The number of carbonyl (C=O) groups excluding carboxylic acids is 2. The molecule has 0 spiro atoms. The van der Waals surface area contributed by atoms with Gasteiger partial charge < -0.3 is 11.1 Å². The average Bonchev–Trinajstić information content (AvgIpc) is 2.38. The number of rotatable bonds is 5. The second-order valence-corrected chi connectivity index (χ2v) is 5.06. The van der Waals surface area contributed by atoms with Crippen LogP contribution in [-0.2, 0) is 9.59 Å². The van der Waals surface area contributed by atoms with Gasteiger partial charge >= 0.3 is 0 Å². The Morgan fingerprint density at radius 2 is 2.00 bits per heavy atom. The van der Waals surface area contributed by atoms with Crippen LogP contribution in [0.25, 0.3) is 0 Å². The van der Waals surface area contributed by atoms with E-state index in [1.165, 1.54) is 0 Å². The zero-order valence-electron chi connectivity index (χ0n) is 10.5. The van der Waals surface area contributed by atoms with Crippen molar-refractivity contribution < 1.29 is 9.59 Å². The van der Waals surface area contributed by atoms with Crippen molar-refractivity contribution in [1.82, 2.24) is 5.32 Å². The maximum absolute atomic E-state index is 12.0. The van der Waals surface area contributed by atoms with Gasteiger partial charge in [0.1, 0.15) is 6.04 Å². The highest BCUT2D eigenvalue weighted by atomic mass is 79.9. The highest BCUT2D eigenvalue weighted by Gasteiger charge is 2.21. The fourth-order valence-electron chi connectivity index (χ4n) is 1.54. The number of hydrogen-bond donors (Lipinski definition) is 2. The summed E-state index contributed by atoms with van der Waals surface area (Å²) in [5.41, 5.74) is 6.03. The molecular formula is C14H15BrN2O2. The summed E-state index contributed by atoms with van der Waals surface area (Å²) in [5, 5.41) is 2.56. The lowest BCUT2D eigenvalue weighted by atomic mass is 10.00. The van der Waals surface area contributed by atoms with Crippen molar-refractivity contribution in [3.8, 4) is 12.3 Å². The number of halogens is 1. The van der Waals surface area contributed by atoms with Crippen LogP contribution in [0.15, 0.2) is 28.7 Å². The van der Waals surface area contributed by atoms with E-state index < -0.39 is 11.9 Å². The predicted octanol–water partition coefficient (Wildman–Crippen LogP) is 1.55. The normalized spacial score (nSPS) is 13.1. The topological polar surface area (TPSA) is 72.2 Å². The Morgan fingerprint density at radius 1 is 1.42 bits per heavy atom. The molecule has 0 saturated heterocycles. The zero-order chi connectivity index (χ0) is 14.4. The largest absolute Gasteiger partial charge is 0.368 e. The van der Waals surface area contributed by atoms with Crippen molar-refractivity contribution in [2.75, 3.05) is 0 Å². The molecule has 3 N–H and O–H groups in total. The summed E-state index contributed by atoms with van der Waals surface area (Å²) < 4.78 is 0.936. The fourth-order valence-corrected chi connectivity index (χ4v) is 1.80. The molecule has 0 fully saturated rings. The van der Waals surface area contributed by atoms with Gasteiger partial charge in [-0.2, -0.15) is 0 Å². The Bertz CT molecular complexity index is 505. The molecule has 0 bridgehead atoms. The lowest BCUT2D eigenvalue weighted by molar-refractivity contribution is -0.127. The minimum atomic E-state index is -0.824. The van der Waals surface area contributed by atoms with Crippen LogP contribution in [-0.4, -0.2) is 17.9 Å². The van der Waals surface area contributed by atoms with E-state index in [9.17, 15) is 9.59 Å². The van der Waals surface area contributed by atoms with Gasteiger partial charge in [0.2, 0.25) is 11.8 Å². The van der Waals surface area contributed by atoms with Gasteiger partial charge in [0.25, 0.3) is 0 Å². The first-order valence-electron chi connectivity index (χ1n) is 5.74. The highest BCUT2D eigenvalue weighted by molar-refractivity contribution is 9.10. The zero-order valence-corrected chi connectivity index (χ0v) is 12.1.